The third-order valence-electron chi connectivity index (χ3n) is 4.68. The van der Waals surface area contributed by atoms with Crippen molar-refractivity contribution < 1.29 is 19.0 Å². The van der Waals surface area contributed by atoms with Crippen molar-refractivity contribution in [3.8, 4) is 5.13 Å². The summed E-state index contributed by atoms with van der Waals surface area (Å²) in [6, 6.07) is 0.708. The first-order chi connectivity index (χ1) is 13.4. The van der Waals surface area contributed by atoms with Crippen LogP contribution in [0.15, 0.2) is 28.6 Å². The first kappa shape index (κ1) is 21.1. The highest BCUT2D eigenvalue weighted by Crippen LogP contribution is 2.27. The van der Waals surface area contributed by atoms with Gasteiger partial charge in [-0.05, 0) is 6.07 Å². The van der Waals surface area contributed by atoms with E-state index in [9.17, 15) is 19.1 Å². The lowest BCUT2D eigenvalue weighted by molar-refractivity contribution is 0.0695. The highest BCUT2D eigenvalue weighted by atomic mass is 35.5. The topological polar surface area (TPSA) is 124 Å². The second kappa shape index (κ2) is 8.03. The minimum Gasteiger partial charge on any atom is -0.477 e. The highest BCUT2D eigenvalue weighted by Gasteiger charge is 2.33. The maximum atomic E-state index is 14.8. The number of hydrogen-bond acceptors (Lipinski definition) is 8. The summed E-state index contributed by atoms with van der Waals surface area (Å²) in [6.45, 7) is 0.685. The fourth-order valence-corrected chi connectivity index (χ4v) is 3.91. The largest absolute Gasteiger partial charge is 0.477 e. The zero-order valence-corrected chi connectivity index (χ0v) is 16.7. The Morgan fingerprint density at radius 1 is 1.45 bits per heavy atom. The van der Waals surface area contributed by atoms with E-state index in [1.165, 1.54) is 29.2 Å². The van der Waals surface area contributed by atoms with Gasteiger partial charge in [-0.1, -0.05) is 0 Å². The van der Waals surface area contributed by atoms with Gasteiger partial charge in [0.05, 0.1) is 17.5 Å². The van der Waals surface area contributed by atoms with Crippen LogP contribution in [0, 0.1) is 5.82 Å². The van der Waals surface area contributed by atoms with Crippen LogP contribution in [0.3, 0.4) is 0 Å². The molecule has 1 fully saturated rings. The number of carboxylic acids is 1. The molecule has 0 unspecified atom stereocenters. The van der Waals surface area contributed by atoms with E-state index in [2.05, 4.69) is 9.97 Å². The molecule has 0 saturated carbocycles. The lowest BCUT2D eigenvalue weighted by Crippen LogP contribution is -2.34. The third kappa shape index (κ3) is 3.57. The molecule has 3 aromatic heterocycles. The standard InChI is InChI=1S/C17H16FN5O4S.ClH/c1-27-12-7-22(6-11(12)19)15-10(18)4-8-13(24)9(16(25)26)5-23(14(8)21-15)17-20-2-3-28-17;/h2-5,11-12H,6-7,19H2,1H3,(H,25,26);1H/t11-,12-;/m1./s1. The van der Waals surface area contributed by atoms with E-state index in [-0.39, 0.29) is 41.4 Å². The van der Waals surface area contributed by atoms with E-state index in [1.54, 1.807) is 10.3 Å². The van der Waals surface area contributed by atoms with Crippen molar-refractivity contribution in [2.24, 2.45) is 5.73 Å². The number of ether oxygens (including phenoxy) is 1. The minimum atomic E-state index is -1.41. The first-order valence-electron chi connectivity index (χ1n) is 8.33. The summed E-state index contributed by atoms with van der Waals surface area (Å²) < 4.78 is 21.5. The summed E-state index contributed by atoms with van der Waals surface area (Å²) in [5.41, 5.74) is 4.85. The molecule has 0 bridgehead atoms. The average Bonchev–Trinajstić information content (AvgIpc) is 3.31. The molecule has 2 atom stereocenters. The van der Waals surface area contributed by atoms with Crippen LogP contribution in [0.25, 0.3) is 16.2 Å². The number of halogens is 2. The minimum absolute atomic E-state index is 0. The van der Waals surface area contributed by atoms with Crippen molar-refractivity contribution in [2.75, 3.05) is 25.1 Å². The molecule has 12 heteroatoms. The summed E-state index contributed by atoms with van der Waals surface area (Å²) in [6.07, 6.45) is 2.43. The molecule has 0 amide bonds. The summed E-state index contributed by atoms with van der Waals surface area (Å²) in [4.78, 5) is 34.2. The molecule has 154 valence electrons. The van der Waals surface area contributed by atoms with Crippen LogP contribution in [0.1, 0.15) is 10.4 Å². The molecule has 4 rings (SSSR count). The number of aromatic carboxylic acids is 1. The Balaban J connectivity index is 0.00000240. The van der Waals surface area contributed by atoms with Crippen LogP contribution in [-0.2, 0) is 4.74 Å². The smallest absolute Gasteiger partial charge is 0.341 e. The molecular formula is C17H17ClFN5O4S. The van der Waals surface area contributed by atoms with Crippen LogP contribution in [-0.4, -0.2) is 58.0 Å². The van der Waals surface area contributed by atoms with Crippen LogP contribution >= 0.6 is 23.7 Å². The molecule has 0 aromatic carbocycles. The van der Waals surface area contributed by atoms with Crippen LogP contribution in [0.2, 0.25) is 0 Å². The van der Waals surface area contributed by atoms with E-state index in [1.807, 2.05) is 0 Å². The monoisotopic (exact) mass is 441 g/mol. The van der Waals surface area contributed by atoms with Gasteiger partial charge in [0.15, 0.2) is 22.4 Å². The fraction of sp³-hybridized carbons (Fsp3) is 0.294. The predicted molar refractivity (Wildman–Crippen MR) is 108 cm³/mol. The Labute approximate surface area is 174 Å². The van der Waals surface area contributed by atoms with Crippen molar-refractivity contribution in [3.05, 3.63) is 45.4 Å². The van der Waals surface area contributed by atoms with Gasteiger partial charge >= 0.3 is 5.97 Å². The summed E-state index contributed by atoms with van der Waals surface area (Å²) in [5, 5.41) is 11.3. The summed E-state index contributed by atoms with van der Waals surface area (Å²) in [5.74, 6) is -2.12. The lowest BCUT2D eigenvalue weighted by Gasteiger charge is -2.19. The molecule has 4 heterocycles. The number of pyridine rings is 2. The van der Waals surface area contributed by atoms with Gasteiger partial charge in [0.25, 0.3) is 0 Å². The molecular weight excluding hydrogens is 425 g/mol. The van der Waals surface area contributed by atoms with Crippen molar-refractivity contribution in [1.29, 1.82) is 0 Å². The first-order valence-corrected chi connectivity index (χ1v) is 9.21. The number of nitrogens with zero attached hydrogens (tertiary/aromatic N) is 4. The number of anilines is 1. The number of fused-ring (bicyclic) bond motifs is 1. The number of thiazole rings is 1. The molecule has 1 saturated heterocycles. The SMILES string of the molecule is CO[C@@H]1CN(c2nc3c(cc2F)c(=O)c(C(=O)O)cn3-c2nccs2)C[C@H]1N.Cl. The molecule has 0 spiro atoms. The molecule has 9 nitrogen and oxygen atoms in total. The lowest BCUT2D eigenvalue weighted by atomic mass is 10.2. The van der Waals surface area contributed by atoms with E-state index in [4.69, 9.17) is 10.5 Å². The van der Waals surface area contributed by atoms with Gasteiger partial charge in [0.2, 0.25) is 5.43 Å². The zero-order chi connectivity index (χ0) is 20.0. The molecule has 0 radical (unpaired) electrons. The molecule has 1 aliphatic heterocycles. The summed E-state index contributed by atoms with van der Waals surface area (Å²) >= 11 is 1.23. The van der Waals surface area contributed by atoms with Crippen molar-refractivity contribution in [3.63, 3.8) is 0 Å². The molecule has 3 N–H and O–H groups in total. The van der Waals surface area contributed by atoms with E-state index in [0.29, 0.717) is 18.2 Å². The number of carboxylic acid groups (broad SMARTS) is 1. The van der Waals surface area contributed by atoms with Crippen molar-refractivity contribution in [1.82, 2.24) is 14.5 Å². The molecule has 1 aliphatic rings. The van der Waals surface area contributed by atoms with Crippen LogP contribution in [0.4, 0.5) is 10.2 Å². The number of rotatable bonds is 4. The number of methoxy groups -OCH3 is 1. The Morgan fingerprint density at radius 3 is 2.79 bits per heavy atom. The van der Waals surface area contributed by atoms with Crippen molar-refractivity contribution in [2.45, 2.75) is 12.1 Å². The Kier molecular flexibility index (Phi) is 5.85. The second-order valence-corrected chi connectivity index (χ2v) is 7.24. The van der Waals surface area contributed by atoms with E-state index in [0.717, 1.165) is 12.3 Å². The maximum Gasteiger partial charge on any atom is 0.341 e. The maximum absolute atomic E-state index is 14.8. The second-order valence-electron chi connectivity index (χ2n) is 6.37. The van der Waals surface area contributed by atoms with Gasteiger partial charge < -0.3 is 20.5 Å². The number of carbonyl (C=O) groups is 1. The van der Waals surface area contributed by atoms with Crippen LogP contribution < -0.4 is 16.1 Å². The van der Waals surface area contributed by atoms with Gasteiger partial charge in [-0.15, -0.1) is 23.7 Å². The number of aromatic nitrogens is 3. The van der Waals surface area contributed by atoms with Gasteiger partial charge in [-0.25, -0.2) is 19.2 Å². The third-order valence-corrected chi connectivity index (χ3v) is 5.45. The van der Waals surface area contributed by atoms with Gasteiger partial charge in [-0.2, -0.15) is 0 Å². The van der Waals surface area contributed by atoms with E-state index >= 15 is 0 Å². The molecule has 29 heavy (non-hydrogen) atoms. The Bertz CT molecular complexity index is 1120. The number of hydrogen-bond donors (Lipinski definition) is 2. The van der Waals surface area contributed by atoms with Gasteiger partial charge in [-0.3, -0.25) is 9.36 Å². The summed E-state index contributed by atoms with van der Waals surface area (Å²) in [7, 11) is 1.53. The molecule has 0 aliphatic carbocycles. The average molecular weight is 442 g/mol. The quantitative estimate of drug-likeness (QED) is 0.620. The van der Waals surface area contributed by atoms with Gasteiger partial charge in [0, 0.05) is 38.0 Å². The fourth-order valence-electron chi connectivity index (χ4n) is 3.29. The zero-order valence-electron chi connectivity index (χ0n) is 15.1. The normalized spacial score (nSPS) is 18.8. The Morgan fingerprint density at radius 2 is 2.21 bits per heavy atom. The predicted octanol–water partition coefficient (Wildman–Crippen LogP) is 1.26. The van der Waals surface area contributed by atoms with Crippen molar-refractivity contribution >= 4 is 46.6 Å². The number of nitrogens with two attached hydrogens (primary N) is 1. The van der Waals surface area contributed by atoms with Crippen LogP contribution in [0.5, 0.6) is 0 Å². The highest BCUT2D eigenvalue weighted by molar-refractivity contribution is 7.12. The van der Waals surface area contributed by atoms with Gasteiger partial charge in [0.1, 0.15) is 5.56 Å². The Hall–Kier alpha value is -2.60. The van der Waals surface area contributed by atoms with E-state index < -0.39 is 22.8 Å². The molecule has 3 aromatic rings.